The number of hydrogen-bond donors (Lipinski definition) is 0. The van der Waals surface area contributed by atoms with E-state index in [1.165, 1.54) is 0 Å². The second kappa shape index (κ2) is 6.67. The molecule has 1 aliphatic heterocycles. The molecule has 28 heavy (non-hydrogen) atoms. The fraction of sp³-hybridized carbons (Fsp3) is 0.235. The van der Waals surface area contributed by atoms with Gasteiger partial charge in [0.05, 0.1) is 16.4 Å². The number of nitrogens with zero attached hydrogens (tertiary/aromatic N) is 4. The number of halogens is 3. The molecule has 2 aromatic heterocycles. The van der Waals surface area contributed by atoms with Gasteiger partial charge in [-0.2, -0.15) is 22.5 Å². The summed E-state index contributed by atoms with van der Waals surface area (Å²) in [4.78, 5) is 7.81. The Balaban J connectivity index is 1.49. The Morgan fingerprint density at radius 2 is 1.93 bits per heavy atom. The molecule has 0 bridgehead atoms. The minimum atomic E-state index is -4.62. The van der Waals surface area contributed by atoms with Crippen molar-refractivity contribution in [1.82, 2.24) is 19.4 Å². The van der Waals surface area contributed by atoms with Gasteiger partial charge in [0.1, 0.15) is 0 Å². The van der Waals surface area contributed by atoms with E-state index in [0.717, 1.165) is 22.5 Å². The molecule has 7 nitrogen and oxygen atoms in total. The molecular formula is C17H13F3N4O3S. The predicted molar refractivity (Wildman–Crippen MR) is 90.5 cm³/mol. The summed E-state index contributed by atoms with van der Waals surface area (Å²) in [5, 5.41) is 3.85. The van der Waals surface area contributed by atoms with Gasteiger partial charge in [0.2, 0.25) is 21.7 Å². The normalized spacial score (nSPS) is 16.1. The lowest BCUT2D eigenvalue weighted by molar-refractivity contribution is -0.137. The van der Waals surface area contributed by atoms with E-state index in [9.17, 15) is 21.6 Å². The Morgan fingerprint density at radius 3 is 2.61 bits per heavy atom. The van der Waals surface area contributed by atoms with Crippen LogP contribution in [0.1, 0.15) is 17.4 Å². The Hall–Kier alpha value is -2.79. The SMILES string of the molecule is O=S(=O)(c1cccc(C(F)(F)F)c1)N1CC(c2nc(-c3cccnc3)no2)C1. The first-order valence-corrected chi connectivity index (χ1v) is 9.60. The highest BCUT2D eigenvalue weighted by molar-refractivity contribution is 7.89. The van der Waals surface area contributed by atoms with Crippen LogP contribution < -0.4 is 0 Å². The summed E-state index contributed by atoms with van der Waals surface area (Å²) in [6, 6.07) is 7.16. The van der Waals surface area contributed by atoms with Crippen LogP contribution in [-0.4, -0.2) is 40.9 Å². The molecular weight excluding hydrogens is 397 g/mol. The number of pyridine rings is 1. The molecule has 0 atom stereocenters. The van der Waals surface area contributed by atoms with Crippen molar-refractivity contribution in [3.63, 3.8) is 0 Å². The van der Waals surface area contributed by atoms with Crippen LogP contribution in [0.5, 0.6) is 0 Å². The smallest absolute Gasteiger partial charge is 0.339 e. The van der Waals surface area contributed by atoms with Crippen LogP contribution >= 0.6 is 0 Å². The van der Waals surface area contributed by atoms with Gasteiger partial charge in [-0.3, -0.25) is 4.98 Å². The van der Waals surface area contributed by atoms with Gasteiger partial charge in [0.15, 0.2) is 0 Å². The average Bonchev–Trinajstić information content (AvgIpc) is 3.10. The van der Waals surface area contributed by atoms with Crippen molar-refractivity contribution in [1.29, 1.82) is 0 Å². The Labute approximate surface area is 157 Å². The third-order valence-corrected chi connectivity index (χ3v) is 6.19. The maximum atomic E-state index is 12.8. The van der Waals surface area contributed by atoms with Crippen molar-refractivity contribution in [2.75, 3.05) is 13.1 Å². The fourth-order valence-electron chi connectivity index (χ4n) is 2.79. The average molecular weight is 410 g/mol. The van der Waals surface area contributed by atoms with E-state index >= 15 is 0 Å². The van der Waals surface area contributed by atoms with Crippen LogP contribution in [0.25, 0.3) is 11.4 Å². The van der Waals surface area contributed by atoms with Gasteiger partial charge in [-0.15, -0.1) is 0 Å². The number of benzene rings is 1. The standard InChI is InChI=1S/C17H13F3N4O3S/c18-17(19,20)13-4-1-5-14(7-13)28(25,26)24-9-12(10-24)16-22-15(23-27-16)11-3-2-6-21-8-11/h1-8,12H,9-10H2. The lowest BCUT2D eigenvalue weighted by atomic mass is 10.0. The summed E-state index contributed by atoms with van der Waals surface area (Å²) < 4.78 is 70.0. The van der Waals surface area contributed by atoms with E-state index in [0.29, 0.717) is 17.5 Å². The van der Waals surface area contributed by atoms with E-state index < -0.39 is 26.7 Å². The van der Waals surface area contributed by atoms with Crippen molar-refractivity contribution in [3.8, 4) is 11.4 Å². The minimum Gasteiger partial charge on any atom is -0.339 e. The van der Waals surface area contributed by atoms with E-state index in [1.807, 2.05) is 0 Å². The first-order chi connectivity index (χ1) is 13.2. The molecule has 0 radical (unpaired) electrons. The van der Waals surface area contributed by atoms with Crippen molar-refractivity contribution in [2.24, 2.45) is 0 Å². The van der Waals surface area contributed by atoms with Gasteiger partial charge in [-0.25, -0.2) is 8.42 Å². The third-order valence-electron chi connectivity index (χ3n) is 4.36. The number of sulfonamides is 1. The number of hydrogen-bond acceptors (Lipinski definition) is 6. The van der Waals surface area contributed by atoms with Crippen LogP contribution in [0.4, 0.5) is 13.2 Å². The van der Waals surface area contributed by atoms with Crippen LogP contribution in [0.2, 0.25) is 0 Å². The molecule has 11 heteroatoms. The molecule has 0 amide bonds. The Morgan fingerprint density at radius 1 is 1.14 bits per heavy atom. The molecule has 146 valence electrons. The molecule has 1 aliphatic rings. The molecule has 3 aromatic rings. The second-order valence-corrected chi connectivity index (χ2v) is 8.18. The number of aromatic nitrogens is 3. The van der Waals surface area contributed by atoms with Gasteiger partial charge >= 0.3 is 6.18 Å². The van der Waals surface area contributed by atoms with Crippen molar-refractivity contribution in [2.45, 2.75) is 17.0 Å². The van der Waals surface area contributed by atoms with Gasteiger partial charge in [-0.05, 0) is 30.3 Å². The van der Waals surface area contributed by atoms with Gasteiger partial charge in [-0.1, -0.05) is 11.2 Å². The molecule has 0 spiro atoms. The Kier molecular flexibility index (Phi) is 4.42. The second-order valence-electron chi connectivity index (χ2n) is 6.24. The molecule has 1 saturated heterocycles. The molecule has 0 unspecified atom stereocenters. The lowest BCUT2D eigenvalue weighted by Gasteiger charge is -2.35. The molecule has 4 rings (SSSR count). The highest BCUT2D eigenvalue weighted by atomic mass is 32.2. The zero-order chi connectivity index (χ0) is 19.9. The summed E-state index contributed by atoms with van der Waals surface area (Å²) in [5.41, 5.74) is -0.353. The summed E-state index contributed by atoms with van der Waals surface area (Å²) in [5.74, 6) is 0.287. The highest BCUT2D eigenvalue weighted by Gasteiger charge is 2.41. The van der Waals surface area contributed by atoms with Gasteiger partial charge in [0, 0.05) is 31.0 Å². The molecule has 0 N–H and O–H groups in total. The molecule has 0 aliphatic carbocycles. The predicted octanol–water partition coefficient (Wildman–Crippen LogP) is 2.94. The van der Waals surface area contributed by atoms with E-state index in [1.54, 1.807) is 24.5 Å². The van der Waals surface area contributed by atoms with Crippen molar-refractivity contribution >= 4 is 10.0 Å². The first-order valence-electron chi connectivity index (χ1n) is 8.16. The van der Waals surface area contributed by atoms with Crippen LogP contribution in [0, 0.1) is 0 Å². The van der Waals surface area contributed by atoms with Crippen LogP contribution in [0.3, 0.4) is 0 Å². The maximum Gasteiger partial charge on any atom is 0.416 e. The lowest BCUT2D eigenvalue weighted by Crippen LogP contribution is -2.48. The van der Waals surface area contributed by atoms with Crippen molar-refractivity contribution in [3.05, 3.63) is 60.2 Å². The van der Waals surface area contributed by atoms with Crippen molar-refractivity contribution < 1.29 is 26.1 Å². The molecule has 3 heterocycles. The summed E-state index contributed by atoms with van der Waals surface area (Å²) >= 11 is 0. The number of alkyl halides is 3. The Bertz CT molecular complexity index is 1090. The van der Waals surface area contributed by atoms with E-state index in [-0.39, 0.29) is 24.9 Å². The molecule has 1 aromatic carbocycles. The van der Waals surface area contributed by atoms with Gasteiger partial charge in [0.25, 0.3) is 0 Å². The topological polar surface area (TPSA) is 89.2 Å². The maximum absolute atomic E-state index is 12.8. The minimum absolute atomic E-state index is 0.0489. The van der Waals surface area contributed by atoms with E-state index in [4.69, 9.17) is 4.52 Å². The number of rotatable bonds is 4. The highest BCUT2D eigenvalue weighted by Crippen LogP contribution is 2.34. The molecule has 0 saturated carbocycles. The van der Waals surface area contributed by atoms with Crippen LogP contribution in [-0.2, 0) is 16.2 Å². The van der Waals surface area contributed by atoms with E-state index in [2.05, 4.69) is 15.1 Å². The molecule has 1 fully saturated rings. The summed E-state index contributed by atoms with van der Waals surface area (Å²) in [6.07, 6.45) is -1.44. The first kappa shape index (κ1) is 18.6. The fourth-order valence-corrected chi connectivity index (χ4v) is 4.36. The van der Waals surface area contributed by atoms with Gasteiger partial charge < -0.3 is 4.52 Å². The largest absolute Gasteiger partial charge is 0.416 e. The zero-order valence-electron chi connectivity index (χ0n) is 14.2. The third kappa shape index (κ3) is 3.38. The zero-order valence-corrected chi connectivity index (χ0v) is 15.0. The van der Waals surface area contributed by atoms with Crippen LogP contribution in [0.15, 0.2) is 58.2 Å². The quantitative estimate of drug-likeness (QED) is 0.657. The summed E-state index contributed by atoms with van der Waals surface area (Å²) in [6.45, 7) is 0.0977. The monoisotopic (exact) mass is 410 g/mol. The summed E-state index contributed by atoms with van der Waals surface area (Å²) in [7, 11) is -4.04.